The maximum absolute atomic E-state index is 12.1. The minimum absolute atomic E-state index is 0.128. The van der Waals surface area contributed by atoms with Gasteiger partial charge in [0.2, 0.25) is 5.91 Å². The van der Waals surface area contributed by atoms with Crippen LogP contribution in [-0.2, 0) is 20.9 Å². The van der Waals surface area contributed by atoms with Crippen LogP contribution < -0.4 is 4.90 Å². The molecule has 2 aliphatic rings. The van der Waals surface area contributed by atoms with Crippen LogP contribution in [-0.4, -0.2) is 77.0 Å². The van der Waals surface area contributed by atoms with Crippen molar-refractivity contribution in [3.63, 3.8) is 0 Å². The number of para-hydroxylation sites is 1. The van der Waals surface area contributed by atoms with Crippen molar-refractivity contribution in [1.29, 1.82) is 0 Å². The molecule has 2 aromatic rings. The Morgan fingerprint density at radius 2 is 1.88 bits per heavy atom. The number of rotatable bonds is 6. The van der Waals surface area contributed by atoms with Crippen LogP contribution in [0, 0.1) is 0 Å². The highest BCUT2D eigenvalue weighted by molar-refractivity contribution is 5.89. The number of carbonyl (C=O) groups is 2. The van der Waals surface area contributed by atoms with Gasteiger partial charge in [0, 0.05) is 44.5 Å². The number of nitrogens with zero attached hydrogens (tertiary/aromatic N) is 5. The molecule has 1 aromatic heterocycles. The number of esters is 1. The first-order valence-electron chi connectivity index (χ1n) is 12.2. The fourth-order valence-electron chi connectivity index (χ4n) is 4.96. The van der Waals surface area contributed by atoms with Crippen molar-refractivity contribution < 1.29 is 14.3 Å². The van der Waals surface area contributed by atoms with Crippen molar-refractivity contribution in [1.82, 2.24) is 19.8 Å². The molecule has 1 aromatic carbocycles. The molecule has 4 rings (SSSR count). The molecule has 1 atom stereocenters. The van der Waals surface area contributed by atoms with Crippen LogP contribution >= 0.6 is 0 Å². The molecule has 0 bridgehead atoms. The summed E-state index contributed by atoms with van der Waals surface area (Å²) in [7, 11) is 0. The quantitative estimate of drug-likeness (QED) is 0.622. The number of anilines is 1. The molecule has 2 fully saturated rings. The number of amides is 1. The maximum atomic E-state index is 12.1. The number of likely N-dealkylation sites (tertiary alicyclic amines) is 1. The first kappa shape index (κ1) is 23.4. The topological polar surface area (TPSA) is 78.9 Å². The predicted octanol–water partition coefficient (Wildman–Crippen LogP) is 3.00. The van der Waals surface area contributed by atoms with Gasteiger partial charge in [0.1, 0.15) is 11.6 Å². The van der Waals surface area contributed by atoms with Gasteiger partial charge in [0.05, 0.1) is 25.1 Å². The van der Waals surface area contributed by atoms with Crippen LogP contribution in [0.5, 0.6) is 0 Å². The van der Waals surface area contributed by atoms with Crippen LogP contribution in [0.2, 0.25) is 0 Å². The number of piperidine rings is 1. The van der Waals surface area contributed by atoms with Crippen LogP contribution in [0.1, 0.15) is 51.8 Å². The Balaban J connectivity index is 1.58. The summed E-state index contributed by atoms with van der Waals surface area (Å²) in [6.07, 6.45) is 4.58. The van der Waals surface area contributed by atoms with E-state index in [1.807, 2.05) is 30.0 Å². The molecule has 2 aliphatic heterocycles. The van der Waals surface area contributed by atoms with Crippen LogP contribution in [0.25, 0.3) is 10.9 Å². The summed E-state index contributed by atoms with van der Waals surface area (Å²) in [5.41, 5.74) is 0.934. The number of carbonyl (C=O) groups excluding carboxylic acids is 2. The van der Waals surface area contributed by atoms with Crippen LogP contribution in [0.3, 0.4) is 0 Å². The van der Waals surface area contributed by atoms with Crippen molar-refractivity contribution in [3.8, 4) is 0 Å². The number of ether oxygens (including phenoxy) is 1. The predicted molar refractivity (Wildman–Crippen MR) is 128 cm³/mol. The highest BCUT2D eigenvalue weighted by Crippen LogP contribution is 2.27. The second kappa shape index (κ2) is 10.9. The zero-order valence-electron chi connectivity index (χ0n) is 19.8. The van der Waals surface area contributed by atoms with Gasteiger partial charge < -0.3 is 14.5 Å². The van der Waals surface area contributed by atoms with Gasteiger partial charge in [-0.3, -0.25) is 14.5 Å². The fraction of sp³-hybridized carbons (Fsp3) is 0.600. The largest absolute Gasteiger partial charge is 0.466 e. The van der Waals surface area contributed by atoms with Gasteiger partial charge in [-0.25, -0.2) is 9.97 Å². The van der Waals surface area contributed by atoms with E-state index >= 15 is 0 Å². The molecular formula is C25H35N5O3. The Labute approximate surface area is 195 Å². The molecule has 0 spiro atoms. The van der Waals surface area contributed by atoms with E-state index in [1.54, 1.807) is 6.92 Å². The molecule has 0 saturated carbocycles. The molecule has 33 heavy (non-hydrogen) atoms. The van der Waals surface area contributed by atoms with E-state index in [2.05, 4.69) is 15.9 Å². The Morgan fingerprint density at radius 1 is 1.03 bits per heavy atom. The zero-order valence-corrected chi connectivity index (χ0v) is 19.8. The summed E-state index contributed by atoms with van der Waals surface area (Å²) in [6.45, 7) is 8.57. The smallest absolute Gasteiger partial charge is 0.307 e. The summed E-state index contributed by atoms with van der Waals surface area (Å²) >= 11 is 0. The van der Waals surface area contributed by atoms with Crippen LogP contribution in [0.4, 0.5) is 5.82 Å². The first-order valence-corrected chi connectivity index (χ1v) is 12.2. The third-order valence-corrected chi connectivity index (χ3v) is 6.67. The average molecular weight is 454 g/mol. The third-order valence-electron chi connectivity index (χ3n) is 6.67. The first-order chi connectivity index (χ1) is 16.0. The Kier molecular flexibility index (Phi) is 7.75. The third kappa shape index (κ3) is 5.79. The van der Waals surface area contributed by atoms with Crippen molar-refractivity contribution >= 4 is 28.6 Å². The highest BCUT2D eigenvalue weighted by Gasteiger charge is 2.27. The number of hydrogen-bond acceptors (Lipinski definition) is 7. The molecule has 0 radical (unpaired) electrons. The minimum Gasteiger partial charge on any atom is -0.466 e. The van der Waals surface area contributed by atoms with Gasteiger partial charge in [-0.1, -0.05) is 18.6 Å². The average Bonchev–Trinajstić information content (AvgIpc) is 3.06. The van der Waals surface area contributed by atoms with E-state index in [0.29, 0.717) is 26.1 Å². The highest BCUT2D eigenvalue weighted by atomic mass is 16.5. The van der Waals surface area contributed by atoms with Gasteiger partial charge in [-0.2, -0.15) is 0 Å². The van der Waals surface area contributed by atoms with Gasteiger partial charge in [0.25, 0.3) is 0 Å². The molecule has 3 heterocycles. The fourth-order valence-corrected chi connectivity index (χ4v) is 4.96. The lowest BCUT2D eigenvalue weighted by Gasteiger charge is -2.35. The molecule has 1 unspecified atom stereocenters. The standard InChI is InChI=1S/C25H35N5O3/c1-3-33-24(32)17-20-9-6-7-12-30(20)18-23-26-22-11-5-4-10-21(22)25(27-23)29-14-8-13-28(15-16-29)19(2)31/h4-5,10-11,20H,3,6-9,12-18H2,1-2H3. The van der Waals surface area contributed by atoms with Crippen molar-refractivity contribution in [2.24, 2.45) is 0 Å². The molecule has 1 amide bonds. The number of hydrogen-bond donors (Lipinski definition) is 0. The van der Waals surface area contributed by atoms with E-state index in [1.165, 1.54) is 0 Å². The molecular weight excluding hydrogens is 418 g/mol. The normalized spacial score (nSPS) is 20.0. The van der Waals surface area contributed by atoms with E-state index in [0.717, 1.165) is 74.4 Å². The SMILES string of the molecule is CCOC(=O)CC1CCCCN1Cc1nc(N2CCCN(C(C)=O)CC2)c2ccccc2n1. The Hall–Kier alpha value is -2.74. The molecule has 2 saturated heterocycles. The lowest BCUT2D eigenvalue weighted by atomic mass is 9.99. The molecule has 8 nitrogen and oxygen atoms in total. The molecule has 178 valence electrons. The van der Waals surface area contributed by atoms with E-state index in [4.69, 9.17) is 14.7 Å². The number of fused-ring (bicyclic) bond motifs is 1. The second-order valence-electron chi connectivity index (χ2n) is 8.96. The van der Waals surface area contributed by atoms with E-state index in [-0.39, 0.29) is 17.9 Å². The summed E-state index contributed by atoms with van der Waals surface area (Å²) in [6, 6.07) is 8.31. The zero-order chi connectivity index (χ0) is 23.2. The molecule has 0 N–H and O–H groups in total. The van der Waals surface area contributed by atoms with Gasteiger partial charge in [-0.15, -0.1) is 0 Å². The monoisotopic (exact) mass is 453 g/mol. The summed E-state index contributed by atoms with van der Waals surface area (Å²) in [5.74, 6) is 1.73. The van der Waals surface area contributed by atoms with E-state index < -0.39 is 0 Å². The molecule has 0 aliphatic carbocycles. The molecule has 8 heteroatoms. The van der Waals surface area contributed by atoms with Crippen molar-refractivity contribution in [2.45, 2.75) is 58.5 Å². The Bertz CT molecular complexity index is 982. The van der Waals surface area contributed by atoms with Crippen molar-refractivity contribution in [2.75, 3.05) is 44.2 Å². The summed E-state index contributed by atoms with van der Waals surface area (Å²) in [5, 5.41) is 1.04. The van der Waals surface area contributed by atoms with Gasteiger partial charge in [-0.05, 0) is 44.9 Å². The lowest BCUT2D eigenvalue weighted by Crippen LogP contribution is -2.41. The van der Waals surface area contributed by atoms with Gasteiger partial charge >= 0.3 is 5.97 Å². The Morgan fingerprint density at radius 3 is 2.70 bits per heavy atom. The number of benzene rings is 1. The van der Waals surface area contributed by atoms with Crippen LogP contribution in [0.15, 0.2) is 24.3 Å². The summed E-state index contributed by atoms with van der Waals surface area (Å²) in [4.78, 5) is 40.5. The number of aromatic nitrogens is 2. The van der Waals surface area contributed by atoms with E-state index in [9.17, 15) is 9.59 Å². The lowest BCUT2D eigenvalue weighted by molar-refractivity contribution is -0.145. The second-order valence-corrected chi connectivity index (χ2v) is 8.96. The van der Waals surface area contributed by atoms with Gasteiger partial charge in [0.15, 0.2) is 0 Å². The maximum Gasteiger partial charge on any atom is 0.307 e. The minimum atomic E-state index is -0.130. The van der Waals surface area contributed by atoms with Crippen molar-refractivity contribution in [3.05, 3.63) is 30.1 Å². The summed E-state index contributed by atoms with van der Waals surface area (Å²) < 4.78 is 5.21.